The molecule has 2 N–H and O–H groups in total. The molecule has 0 aliphatic heterocycles. The highest BCUT2D eigenvalue weighted by atomic mass is 79.9. The first kappa shape index (κ1) is 22.0. The highest BCUT2D eigenvalue weighted by Gasteiger charge is 2.16. The number of ether oxygens (including phenoxy) is 2. The van der Waals surface area contributed by atoms with Gasteiger partial charge in [0.05, 0.1) is 30.1 Å². The molecule has 2 aromatic rings. The predicted molar refractivity (Wildman–Crippen MR) is 114 cm³/mol. The number of aryl methyl sites for hydroxylation is 1. The van der Waals surface area contributed by atoms with Gasteiger partial charge in [0.25, 0.3) is 5.91 Å². The Morgan fingerprint density at radius 3 is 2.54 bits per heavy atom. The highest BCUT2D eigenvalue weighted by molar-refractivity contribution is 9.10. The predicted octanol–water partition coefficient (Wildman–Crippen LogP) is 4.18. The van der Waals surface area contributed by atoms with Crippen molar-refractivity contribution in [3.63, 3.8) is 0 Å². The zero-order valence-corrected chi connectivity index (χ0v) is 18.5. The van der Waals surface area contributed by atoms with Gasteiger partial charge in [0, 0.05) is 11.3 Å². The maximum Gasteiger partial charge on any atom is 0.255 e. The van der Waals surface area contributed by atoms with Crippen LogP contribution < -0.4 is 19.5 Å². The van der Waals surface area contributed by atoms with Crippen LogP contribution in [0.2, 0.25) is 0 Å². The Morgan fingerprint density at radius 1 is 1.21 bits per heavy atom. The van der Waals surface area contributed by atoms with Gasteiger partial charge in [0.15, 0.2) is 11.5 Å². The van der Waals surface area contributed by atoms with Crippen LogP contribution in [-0.2, 0) is 10.0 Å². The normalized spacial score (nSPS) is 11.0. The molecule has 0 heterocycles. The van der Waals surface area contributed by atoms with Crippen LogP contribution in [0, 0.1) is 6.92 Å². The van der Waals surface area contributed by atoms with Crippen molar-refractivity contribution < 1.29 is 22.7 Å². The lowest BCUT2D eigenvalue weighted by Crippen LogP contribution is -2.14. The molecular formula is C19H23BrN2O5S. The fourth-order valence-electron chi connectivity index (χ4n) is 2.41. The lowest BCUT2D eigenvalue weighted by Gasteiger charge is -2.15. The molecule has 2 rings (SSSR count). The van der Waals surface area contributed by atoms with Crippen molar-refractivity contribution in [3.05, 3.63) is 45.9 Å². The summed E-state index contributed by atoms with van der Waals surface area (Å²) in [6.07, 6.45) is 1.92. The number of sulfonamides is 1. The van der Waals surface area contributed by atoms with Gasteiger partial charge in [0.2, 0.25) is 10.0 Å². The van der Waals surface area contributed by atoms with Crippen LogP contribution in [0.15, 0.2) is 34.8 Å². The van der Waals surface area contributed by atoms with E-state index < -0.39 is 10.0 Å². The van der Waals surface area contributed by atoms with E-state index in [-0.39, 0.29) is 5.91 Å². The second-order valence-electron chi connectivity index (χ2n) is 6.20. The van der Waals surface area contributed by atoms with Crippen molar-refractivity contribution in [1.29, 1.82) is 0 Å². The number of nitrogens with one attached hydrogen (secondary N) is 2. The van der Waals surface area contributed by atoms with Crippen LogP contribution in [-0.4, -0.2) is 34.3 Å². The first-order chi connectivity index (χ1) is 13.1. The fraction of sp³-hybridized carbons (Fsp3) is 0.316. The van der Waals surface area contributed by atoms with E-state index in [9.17, 15) is 13.2 Å². The maximum atomic E-state index is 12.7. The minimum atomic E-state index is -3.42. The molecule has 1 amide bonds. The second kappa shape index (κ2) is 9.29. The van der Waals surface area contributed by atoms with Gasteiger partial charge in [-0.15, -0.1) is 0 Å². The largest absolute Gasteiger partial charge is 0.493 e. The van der Waals surface area contributed by atoms with Gasteiger partial charge in [-0.25, -0.2) is 8.42 Å². The third-order valence-corrected chi connectivity index (χ3v) is 4.91. The average Bonchev–Trinajstić information content (AvgIpc) is 2.61. The first-order valence-electron chi connectivity index (χ1n) is 8.54. The third kappa shape index (κ3) is 5.87. The molecule has 7 nitrogen and oxygen atoms in total. The molecule has 2 aromatic carbocycles. The molecule has 9 heteroatoms. The van der Waals surface area contributed by atoms with E-state index >= 15 is 0 Å². The summed E-state index contributed by atoms with van der Waals surface area (Å²) < 4.78 is 37.0. The van der Waals surface area contributed by atoms with Crippen molar-refractivity contribution in [3.8, 4) is 11.5 Å². The van der Waals surface area contributed by atoms with Crippen molar-refractivity contribution in [2.24, 2.45) is 0 Å². The van der Waals surface area contributed by atoms with E-state index in [1.54, 1.807) is 37.3 Å². The number of carbonyl (C=O) groups is 1. The monoisotopic (exact) mass is 470 g/mol. The molecule has 0 saturated heterocycles. The van der Waals surface area contributed by atoms with Crippen LogP contribution in [0.4, 0.5) is 11.4 Å². The zero-order chi connectivity index (χ0) is 20.9. The van der Waals surface area contributed by atoms with E-state index in [1.807, 2.05) is 6.92 Å². The zero-order valence-electron chi connectivity index (χ0n) is 16.1. The summed E-state index contributed by atoms with van der Waals surface area (Å²) >= 11 is 3.42. The summed E-state index contributed by atoms with van der Waals surface area (Å²) in [4.78, 5) is 12.7. The smallest absolute Gasteiger partial charge is 0.255 e. The number of amides is 1. The molecule has 0 fully saturated rings. The molecule has 0 unspecified atom stereocenters. The van der Waals surface area contributed by atoms with Gasteiger partial charge in [-0.1, -0.05) is 13.0 Å². The second-order valence-corrected chi connectivity index (χ2v) is 8.80. The van der Waals surface area contributed by atoms with E-state index in [0.717, 1.165) is 18.2 Å². The molecule has 0 atom stereocenters. The SMILES string of the molecule is CCCOc1c(Br)cc(C(=O)Nc2ccc(C)c(NS(C)(=O)=O)c2)cc1OC. The Kier molecular flexibility index (Phi) is 7.31. The Labute approximate surface area is 173 Å². The number of hydrogen-bond acceptors (Lipinski definition) is 5. The Balaban J connectivity index is 2.28. The van der Waals surface area contributed by atoms with E-state index in [1.165, 1.54) is 7.11 Å². The van der Waals surface area contributed by atoms with Crippen LogP contribution in [0.25, 0.3) is 0 Å². The number of anilines is 2. The minimum Gasteiger partial charge on any atom is -0.493 e. The lowest BCUT2D eigenvalue weighted by atomic mass is 10.1. The number of rotatable bonds is 8. The van der Waals surface area contributed by atoms with Crippen LogP contribution in [0.5, 0.6) is 11.5 Å². The highest BCUT2D eigenvalue weighted by Crippen LogP contribution is 2.37. The number of benzene rings is 2. The van der Waals surface area contributed by atoms with E-state index in [4.69, 9.17) is 9.47 Å². The van der Waals surface area contributed by atoms with Crippen LogP contribution in [0.1, 0.15) is 29.3 Å². The molecule has 0 saturated carbocycles. The number of halogens is 1. The number of hydrogen-bond donors (Lipinski definition) is 2. The number of methoxy groups -OCH3 is 1. The fourth-order valence-corrected chi connectivity index (χ4v) is 3.58. The minimum absolute atomic E-state index is 0.366. The quantitative estimate of drug-likeness (QED) is 0.603. The third-order valence-electron chi connectivity index (χ3n) is 3.73. The molecule has 0 aliphatic rings. The Bertz CT molecular complexity index is 977. The maximum absolute atomic E-state index is 12.7. The molecule has 28 heavy (non-hydrogen) atoms. The summed E-state index contributed by atoms with van der Waals surface area (Å²) in [5, 5.41) is 2.76. The van der Waals surface area contributed by atoms with Crippen molar-refractivity contribution in [2.45, 2.75) is 20.3 Å². The molecule has 0 radical (unpaired) electrons. The van der Waals surface area contributed by atoms with Gasteiger partial charge in [-0.3, -0.25) is 9.52 Å². The van der Waals surface area contributed by atoms with E-state index in [2.05, 4.69) is 26.0 Å². The molecular weight excluding hydrogens is 448 g/mol. The molecule has 0 spiro atoms. The lowest BCUT2D eigenvalue weighted by molar-refractivity contribution is 0.102. The van der Waals surface area contributed by atoms with Gasteiger partial charge < -0.3 is 14.8 Å². The number of carbonyl (C=O) groups excluding carboxylic acids is 1. The van der Waals surface area contributed by atoms with Crippen molar-refractivity contribution in [2.75, 3.05) is 30.0 Å². The Hall–Kier alpha value is -2.26. The molecule has 0 aromatic heterocycles. The van der Waals surface area contributed by atoms with Crippen LogP contribution in [0.3, 0.4) is 0 Å². The summed E-state index contributed by atoms with van der Waals surface area (Å²) in [6, 6.07) is 8.23. The van der Waals surface area contributed by atoms with Gasteiger partial charge in [-0.05, 0) is 59.1 Å². The standard InChI is InChI=1S/C19H23BrN2O5S/c1-5-8-27-18-15(20)9-13(10-17(18)26-3)19(23)21-14-7-6-12(2)16(11-14)22-28(4,24)25/h6-7,9-11,22H,5,8H2,1-4H3,(H,21,23). The first-order valence-corrected chi connectivity index (χ1v) is 11.2. The average molecular weight is 471 g/mol. The van der Waals surface area contributed by atoms with Crippen molar-refractivity contribution in [1.82, 2.24) is 0 Å². The Morgan fingerprint density at radius 2 is 1.93 bits per heavy atom. The molecule has 152 valence electrons. The summed E-state index contributed by atoms with van der Waals surface area (Å²) in [5.41, 5.74) is 1.97. The topological polar surface area (TPSA) is 93.7 Å². The molecule has 0 aliphatic carbocycles. The summed E-state index contributed by atoms with van der Waals surface area (Å²) in [7, 11) is -1.92. The molecule has 0 bridgehead atoms. The summed E-state index contributed by atoms with van der Waals surface area (Å²) in [5.74, 6) is 0.613. The van der Waals surface area contributed by atoms with Gasteiger partial charge in [-0.2, -0.15) is 0 Å². The van der Waals surface area contributed by atoms with Crippen LogP contribution >= 0.6 is 15.9 Å². The van der Waals surface area contributed by atoms with Gasteiger partial charge >= 0.3 is 0 Å². The van der Waals surface area contributed by atoms with Gasteiger partial charge in [0.1, 0.15) is 0 Å². The summed E-state index contributed by atoms with van der Waals surface area (Å²) in [6.45, 7) is 4.30. The van der Waals surface area contributed by atoms with E-state index in [0.29, 0.717) is 39.5 Å². The van der Waals surface area contributed by atoms with Crippen molar-refractivity contribution >= 4 is 43.2 Å².